The Hall–Kier alpha value is -1.32. The number of rotatable bonds is 2. The molecule has 2 unspecified atom stereocenters. The number of fused-ring (bicyclic) bond motifs is 1. The lowest BCUT2D eigenvalue weighted by atomic mass is 9.82. The Kier molecular flexibility index (Phi) is 3.33. The van der Waals surface area contributed by atoms with Crippen LogP contribution in [0.25, 0.3) is 0 Å². The molecule has 0 bridgehead atoms. The number of amides is 1. The molecule has 4 heteroatoms. The van der Waals surface area contributed by atoms with Gasteiger partial charge in [-0.3, -0.25) is 4.79 Å². The van der Waals surface area contributed by atoms with Crippen LogP contribution in [0.1, 0.15) is 61.7 Å². The molecular weight excluding hydrogens is 240 g/mol. The molecule has 1 aromatic heterocycles. The van der Waals surface area contributed by atoms with Crippen molar-refractivity contribution in [3.8, 4) is 0 Å². The highest BCUT2D eigenvalue weighted by molar-refractivity contribution is 5.93. The highest BCUT2D eigenvalue weighted by Gasteiger charge is 2.38. The van der Waals surface area contributed by atoms with Gasteiger partial charge in [0.1, 0.15) is 5.76 Å². The van der Waals surface area contributed by atoms with E-state index in [4.69, 9.17) is 4.42 Å². The molecule has 104 valence electrons. The lowest BCUT2D eigenvalue weighted by molar-refractivity contribution is 0.0776. The Morgan fingerprint density at radius 1 is 1.32 bits per heavy atom. The normalized spacial score (nSPS) is 26.8. The summed E-state index contributed by atoms with van der Waals surface area (Å²) in [7, 11) is 0. The number of hydrogen-bond acceptors (Lipinski definition) is 3. The summed E-state index contributed by atoms with van der Waals surface area (Å²) in [6.45, 7) is 5.88. The summed E-state index contributed by atoms with van der Waals surface area (Å²) < 4.78 is 5.37. The molecule has 0 spiro atoms. The maximum Gasteiger partial charge on any atom is 0.276 e. The summed E-state index contributed by atoms with van der Waals surface area (Å²) >= 11 is 0. The second-order valence-electron chi connectivity index (χ2n) is 6.23. The van der Waals surface area contributed by atoms with Crippen molar-refractivity contribution in [3.63, 3.8) is 0 Å². The lowest BCUT2D eigenvalue weighted by Gasteiger charge is -2.22. The lowest BCUT2D eigenvalue weighted by Crippen LogP contribution is -2.30. The van der Waals surface area contributed by atoms with Crippen LogP contribution in [0.5, 0.6) is 0 Å². The summed E-state index contributed by atoms with van der Waals surface area (Å²) in [4.78, 5) is 18.7. The maximum absolute atomic E-state index is 12.6. The topological polar surface area (TPSA) is 46.3 Å². The second kappa shape index (κ2) is 4.99. The summed E-state index contributed by atoms with van der Waals surface area (Å²) in [5.74, 6) is 2.41. The zero-order valence-electron chi connectivity index (χ0n) is 11.8. The molecule has 1 amide bonds. The van der Waals surface area contributed by atoms with E-state index in [9.17, 15) is 4.79 Å². The van der Waals surface area contributed by atoms with Gasteiger partial charge in [-0.25, -0.2) is 4.98 Å². The molecule has 1 aromatic rings. The molecule has 1 aliphatic heterocycles. The molecule has 0 radical (unpaired) electrons. The number of oxazole rings is 1. The van der Waals surface area contributed by atoms with E-state index in [1.54, 1.807) is 0 Å². The average molecular weight is 262 g/mol. The third-order valence-electron chi connectivity index (χ3n) is 4.59. The van der Waals surface area contributed by atoms with Gasteiger partial charge in [-0.15, -0.1) is 0 Å². The van der Waals surface area contributed by atoms with Crippen LogP contribution in [-0.2, 0) is 0 Å². The van der Waals surface area contributed by atoms with Gasteiger partial charge in [-0.1, -0.05) is 26.7 Å². The van der Waals surface area contributed by atoms with Gasteiger partial charge >= 0.3 is 0 Å². The smallest absolute Gasteiger partial charge is 0.276 e. The van der Waals surface area contributed by atoms with Crippen molar-refractivity contribution in [1.29, 1.82) is 0 Å². The highest BCUT2D eigenvalue weighted by Crippen LogP contribution is 2.36. The summed E-state index contributed by atoms with van der Waals surface area (Å²) in [5, 5.41) is 0. The van der Waals surface area contributed by atoms with E-state index in [0.29, 0.717) is 17.5 Å². The first-order valence-electron chi connectivity index (χ1n) is 7.39. The van der Waals surface area contributed by atoms with E-state index in [1.165, 1.54) is 32.1 Å². The van der Waals surface area contributed by atoms with Gasteiger partial charge in [-0.05, 0) is 24.7 Å². The van der Waals surface area contributed by atoms with Crippen molar-refractivity contribution in [2.24, 2.45) is 11.8 Å². The third-order valence-corrected chi connectivity index (χ3v) is 4.59. The van der Waals surface area contributed by atoms with Crippen LogP contribution in [0.4, 0.5) is 0 Å². The minimum atomic E-state index is 0.0619. The van der Waals surface area contributed by atoms with Crippen molar-refractivity contribution in [1.82, 2.24) is 9.88 Å². The van der Waals surface area contributed by atoms with Gasteiger partial charge in [0.2, 0.25) is 0 Å². The van der Waals surface area contributed by atoms with Crippen molar-refractivity contribution in [2.45, 2.75) is 45.4 Å². The Morgan fingerprint density at radius 2 is 1.95 bits per heavy atom. The van der Waals surface area contributed by atoms with Crippen LogP contribution >= 0.6 is 0 Å². The van der Waals surface area contributed by atoms with Crippen LogP contribution in [-0.4, -0.2) is 28.9 Å². The first-order valence-corrected chi connectivity index (χ1v) is 7.39. The SMILES string of the molecule is CC(C)c1ocnc1C(=O)N1CC2CCCCC2C1. The second-order valence-corrected chi connectivity index (χ2v) is 6.23. The van der Waals surface area contributed by atoms with Crippen LogP contribution in [0.2, 0.25) is 0 Å². The van der Waals surface area contributed by atoms with Gasteiger partial charge in [-0.2, -0.15) is 0 Å². The third kappa shape index (κ3) is 2.28. The number of hydrogen-bond donors (Lipinski definition) is 0. The number of carbonyl (C=O) groups is 1. The van der Waals surface area contributed by atoms with E-state index >= 15 is 0 Å². The fraction of sp³-hybridized carbons (Fsp3) is 0.733. The molecule has 2 aliphatic rings. The molecule has 1 saturated heterocycles. The Labute approximate surface area is 114 Å². The van der Waals surface area contributed by atoms with Gasteiger partial charge in [0.25, 0.3) is 5.91 Å². The number of carbonyl (C=O) groups excluding carboxylic acids is 1. The van der Waals surface area contributed by atoms with Crippen molar-refractivity contribution in [3.05, 3.63) is 17.8 Å². The number of aromatic nitrogens is 1. The van der Waals surface area contributed by atoms with Crippen LogP contribution in [0.3, 0.4) is 0 Å². The van der Waals surface area contributed by atoms with Crippen LogP contribution in [0.15, 0.2) is 10.8 Å². The Bertz CT molecular complexity index is 452. The molecule has 2 fully saturated rings. The summed E-state index contributed by atoms with van der Waals surface area (Å²) in [5.41, 5.74) is 0.522. The van der Waals surface area contributed by atoms with E-state index in [2.05, 4.69) is 4.98 Å². The largest absolute Gasteiger partial charge is 0.447 e. The molecule has 0 N–H and O–H groups in total. The van der Waals surface area contributed by atoms with Crippen molar-refractivity contribution < 1.29 is 9.21 Å². The Balaban J connectivity index is 1.76. The fourth-order valence-corrected chi connectivity index (χ4v) is 3.55. The fourth-order valence-electron chi connectivity index (χ4n) is 3.55. The molecule has 1 aliphatic carbocycles. The zero-order valence-corrected chi connectivity index (χ0v) is 11.8. The highest BCUT2D eigenvalue weighted by atomic mass is 16.3. The maximum atomic E-state index is 12.6. The Morgan fingerprint density at radius 3 is 2.53 bits per heavy atom. The number of likely N-dealkylation sites (tertiary alicyclic amines) is 1. The molecule has 4 nitrogen and oxygen atoms in total. The molecule has 3 rings (SSSR count). The number of nitrogens with zero attached hydrogens (tertiary/aromatic N) is 2. The van der Waals surface area contributed by atoms with Gasteiger partial charge < -0.3 is 9.32 Å². The summed E-state index contributed by atoms with van der Waals surface area (Å²) in [6.07, 6.45) is 6.61. The standard InChI is InChI=1S/C15H22N2O2/c1-10(2)14-13(16-9-19-14)15(18)17-7-11-5-3-4-6-12(11)8-17/h9-12H,3-8H2,1-2H3. The van der Waals surface area contributed by atoms with Crippen LogP contribution < -0.4 is 0 Å². The van der Waals surface area contributed by atoms with Crippen LogP contribution in [0, 0.1) is 11.8 Å². The average Bonchev–Trinajstić information content (AvgIpc) is 3.04. The van der Waals surface area contributed by atoms with E-state index in [-0.39, 0.29) is 11.8 Å². The quantitative estimate of drug-likeness (QED) is 0.823. The molecule has 2 heterocycles. The monoisotopic (exact) mass is 262 g/mol. The first-order chi connectivity index (χ1) is 9.16. The zero-order chi connectivity index (χ0) is 13.4. The van der Waals surface area contributed by atoms with Gasteiger partial charge in [0.05, 0.1) is 0 Å². The predicted molar refractivity (Wildman–Crippen MR) is 71.9 cm³/mol. The van der Waals surface area contributed by atoms with E-state index in [0.717, 1.165) is 18.8 Å². The molecule has 2 atom stereocenters. The van der Waals surface area contributed by atoms with Crippen molar-refractivity contribution in [2.75, 3.05) is 13.1 Å². The van der Waals surface area contributed by atoms with Gasteiger partial charge in [0, 0.05) is 19.0 Å². The molecule has 19 heavy (non-hydrogen) atoms. The minimum Gasteiger partial charge on any atom is -0.447 e. The predicted octanol–water partition coefficient (Wildman–Crippen LogP) is 3.06. The van der Waals surface area contributed by atoms with Crippen molar-refractivity contribution >= 4 is 5.91 Å². The van der Waals surface area contributed by atoms with Gasteiger partial charge in [0.15, 0.2) is 12.1 Å². The molecule has 0 aromatic carbocycles. The molecular formula is C15H22N2O2. The first kappa shape index (κ1) is 12.7. The summed E-state index contributed by atoms with van der Waals surface area (Å²) in [6, 6.07) is 0. The molecule has 1 saturated carbocycles. The van der Waals surface area contributed by atoms with E-state index < -0.39 is 0 Å². The van der Waals surface area contributed by atoms with E-state index in [1.807, 2.05) is 18.7 Å². The minimum absolute atomic E-state index is 0.0619.